The van der Waals surface area contributed by atoms with Crippen molar-refractivity contribution in [2.45, 2.75) is 0 Å². The number of carbonyl (C=O) groups excluding carboxylic acids is 1. The maximum absolute atomic E-state index is 12.4. The smallest absolute Gasteiger partial charge is 0.343 e. The third-order valence-corrected chi connectivity index (χ3v) is 4.59. The summed E-state index contributed by atoms with van der Waals surface area (Å²) < 4.78 is 11.9. The molecule has 0 radical (unpaired) electrons. The molecule has 0 fully saturated rings. The molecule has 0 N–H and O–H groups in total. The fourth-order valence-electron chi connectivity index (χ4n) is 2.62. The van der Waals surface area contributed by atoms with Gasteiger partial charge in [-0.15, -0.1) is 0 Å². The molecule has 0 atom stereocenters. The molecule has 0 saturated carbocycles. The fraction of sp³-hybridized carbons (Fsp3) is 0. The van der Waals surface area contributed by atoms with Crippen LogP contribution in [-0.4, -0.2) is 16.1 Å². The van der Waals surface area contributed by atoms with Crippen LogP contribution in [0.3, 0.4) is 0 Å². The average molecular weight is 447 g/mol. The Morgan fingerprint density at radius 1 is 0.897 bits per heavy atom. The van der Waals surface area contributed by atoms with Gasteiger partial charge in [0.1, 0.15) is 5.75 Å². The van der Waals surface area contributed by atoms with E-state index in [-0.39, 0.29) is 5.89 Å². The molecule has 0 amide bonds. The number of nitrogens with zero attached hydrogens (tertiary/aromatic N) is 2. The molecule has 142 valence electrons. The van der Waals surface area contributed by atoms with Gasteiger partial charge in [-0.1, -0.05) is 69.6 Å². The Bertz CT molecular complexity index is 1150. The third-order valence-electron chi connectivity index (χ3n) is 4.07. The third kappa shape index (κ3) is 4.67. The zero-order valence-corrected chi connectivity index (χ0v) is 16.7. The fourth-order valence-corrected chi connectivity index (χ4v) is 2.89. The molecule has 0 aliphatic carbocycles. The first-order valence-corrected chi connectivity index (χ1v) is 9.62. The SMILES string of the molecule is O=C(Oc1ccccc1-c1nc(/C=C/c2ccc(Br)cc2)no1)c1ccccc1. The van der Waals surface area contributed by atoms with Gasteiger partial charge < -0.3 is 9.26 Å². The second-order valence-corrected chi connectivity index (χ2v) is 7.01. The van der Waals surface area contributed by atoms with Gasteiger partial charge in [0.25, 0.3) is 5.89 Å². The minimum absolute atomic E-state index is 0.275. The molecule has 29 heavy (non-hydrogen) atoms. The number of rotatable bonds is 5. The van der Waals surface area contributed by atoms with Crippen LogP contribution in [0.15, 0.2) is 87.9 Å². The number of ether oxygens (including phenoxy) is 1. The Balaban J connectivity index is 1.55. The first-order chi connectivity index (χ1) is 14.2. The minimum atomic E-state index is -0.451. The van der Waals surface area contributed by atoms with Crippen molar-refractivity contribution in [3.05, 3.63) is 100 Å². The topological polar surface area (TPSA) is 65.2 Å². The van der Waals surface area contributed by atoms with Crippen LogP contribution in [0.25, 0.3) is 23.6 Å². The number of halogens is 1. The number of benzene rings is 3. The molecule has 4 rings (SSSR count). The van der Waals surface area contributed by atoms with Crippen molar-refractivity contribution in [2.75, 3.05) is 0 Å². The van der Waals surface area contributed by atoms with Gasteiger partial charge in [0.15, 0.2) is 5.82 Å². The lowest BCUT2D eigenvalue weighted by Gasteiger charge is -2.07. The van der Waals surface area contributed by atoms with Crippen molar-refractivity contribution in [2.24, 2.45) is 0 Å². The summed E-state index contributed by atoms with van der Waals surface area (Å²) in [6.45, 7) is 0. The van der Waals surface area contributed by atoms with Gasteiger partial charge in [0, 0.05) is 4.47 Å². The van der Waals surface area contributed by atoms with Crippen LogP contribution in [0.4, 0.5) is 0 Å². The molecule has 0 bridgehead atoms. The quantitative estimate of drug-likeness (QED) is 0.282. The van der Waals surface area contributed by atoms with Gasteiger partial charge in [-0.2, -0.15) is 4.98 Å². The highest BCUT2D eigenvalue weighted by atomic mass is 79.9. The van der Waals surface area contributed by atoms with Crippen molar-refractivity contribution in [3.63, 3.8) is 0 Å². The van der Waals surface area contributed by atoms with Crippen molar-refractivity contribution in [3.8, 4) is 17.2 Å². The van der Waals surface area contributed by atoms with Gasteiger partial charge >= 0.3 is 5.97 Å². The van der Waals surface area contributed by atoms with Gasteiger partial charge in [0.05, 0.1) is 11.1 Å². The molecule has 1 heterocycles. The highest BCUT2D eigenvalue weighted by Gasteiger charge is 2.16. The minimum Gasteiger partial charge on any atom is -0.422 e. The summed E-state index contributed by atoms with van der Waals surface area (Å²) >= 11 is 3.41. The standard InChI is InChI=1S/C23H15BrN2O3/c24-18-13-10-16(11-14-18)12-15-21-25-22(29-26-21)19-8-4-5-9-20(19)28-23(27)17-6-2-1-3-7-17/h1-15H/b15-12+. The van der Waals surface area contributed by atoms with Gasteiger partial charge in [-0.25, -0.2) is 4.79 Å². The lowest BCUT2D eigenvalue weighted by molar-refractivity contribution is 0.0735. The lowest BCUT2D eigenvalue weighted by Crippen LogP contribution is -2.08. The summed E-state index contributed by atoms with van der Waals surface area (Å²) in [7, 11) is 0. The number of aromatic nitrogens is 2. The first-order valence-electron chi connectivity index (χ1n) is 8.83. The number of para-hydroxylation sites is 1. The largest absolute Gasteiger partial charge is 0.422 e. The Kier molecular flexibility index (Phi) is 5.63. The molecular weight excluding hydrogens is 432 g/mol. The molecule has 1 aromatic heterocycles. The molecule has 0 aliphatic heterocycles. The monoisotopic (exact) mass is 446 g/mol. The summed E-state index contributed by atoms with van der Waals surface area (Å²) in [4.78, 5) is 16.8. The highest BCUT2D eigenvalue weighted by molar-refractivity contribution is 9.10. The maximum Gasteiger partial charge on any atom is 0.343 e. The van der Waals surface area contributed by atoms with Crippen molar-refractivity contribution >= 4 is 34.1 Å². The summed E-state index contributed by atoms with van der Waals surface area (Å²) in [5.41, 5.74) is 2.02. The number of esters is 1. The summed E-state index contributed by atoms with van der Waals surface area (Å²) in [6, 6.07) is 23.7. The molecule has 4 aromatic rings. The first kappa shape index (κ1) is 18.8. The normalized spacial score (nSPS) is 10.9. The van der Waals surface area contributed by atoms with E-state index in [1.807, 2.05) is 42.5 Å². The van der Waals surface area contributed by atoms with E-state index < -0.39 is 5.97 Å². The Hall–Kier alpha value is -3.51. The van der Waals surface area contributed by atoms with E-state index in [4.69, 9.17) is 9.26 Å². The van der Waals surface area contributed by atoms with Crippen molar-refractivity contribution < 1.29 is 14.1 Å². The molecule has 0 spiro atoms. The lowest BCUT2D eigenvalue weighted by atomic mass is 10.2. The Morgan fingerprint density at radius 3 is 2.41 bits per heavy atom. The molecule has 3 aromatic carbocycles. The summed E-state index contributed by atoms with van der Waals surface area (Å²) in [5.74, 6) is 0.602. The van der Waals surface area contributed by atoms with Crippen LogP contribution >= 0.6 is 15.9 Å². The predicted octanol–water partition coefficient (Wildman–Crippen LogP) is 5.89. The second-order valence-electron chi connectivity index (χ2n) is 6.09. The van der Waals surface area contributed by atoms with E-state index in [0.717, 1.165) is 10.0 Å². The van der Waals surface area contributed by atoms with E-state index in [0.29, 0.717) is 22.7 Å². The maximum atomic E-state index is 12.4. The van der Waals surface area contributed by atoms with Crippen LogP contribution in [0.5, 0.6) is 5.75 Å². The van der Waals surface area contributed by atoms with E-state index in [1.54, 1.807) is 48.5 Å². The predicted molar refractivity (Wildman–Crippen MR) is 114 cm³/mol. The average Bonchev–Trinajstić information content (AvgIpc) is 3.23. The van der Waals surface area contributed by atoms with Gasteiger partial charge in [-0.05, 0) is 48.0 Å². The van der Waals surface area contributed by atoms with Crippen LogP contribution in [-0.2, 0) is 0 Å². The van der Waals surface area contributed by atoms with E-state index in [2.05, 4.69) is 26.1 Å². The number of hydrogen-bond acceptors (Lipinski definition) is 5. The molecule has 6 heteroatoms. The van der Waals surface area contributed by atoms with E-state index >= 15 is 0 Å². The molecule has 0 aliphatic rings. The Labute approximate surface area is 175 Å². The zero-order chi connectivity index (χ0) is 20.1. The molecule has 5 nitrogen and oxygen atoms in total. The van der Waals surface area contributed by atoms with Crippen molar-refractivity contribution in [1.82, 2.24) is 10.1 Å². The van der Waals surface area contributed by atoms with E-state index in [9.17, 15) is 4.79 Å². The summed E-state index contributed by atoms with van der Waals surface area (Å²) in [5, 5.41) is 3.98. The van der Waals surface area contributed by atoms with Crippen LogP contribution in [0.1, 0.15) is 21.7 Å². The van der Waals surface area contributed by atoms with E-state index in [1.165, 1.54) is 0 Å². The second kappa shape index (κ2) is 8.67. The number of carbonyl (C=O) groups is 1. The zero-order valence-electron chi connectivity index (χ0n) is 15.2. The van der Waals surface area contributed by atoms with Crippen LogP contribution < -0.4 is 4.74 Å². The number of hydrogen-bond donors (Lipinski definition) is 0. The van der Waals surface area contributed by atoms with Crippen LogP contribution in [0.2, 0.25) is 0 Å². The highest BCUT2D eigenvalue weighted by Crippen LogP contribution is 2.29. The molecular formula is C23H15BrN2O3. The van der Waals surface area contributed by atoms with Gasteiger partial charge in [0.2, 0.25) is 0 Å². The molecule has 0 unspecified atom stereocenters. The molecule has 0 saturated heterocycles. The van der Waals surface area contributed by atoms with Crippen molar-refractivity contribution in [1.29, 1.82) is 0 Å². The summed E-state index contributed by atoms with van der Waals surface area (Å²) in [6.07, 6.45) is 3.65. The van der Waals surface area contributed by atoms with Crippen LogP contribution in [0, 0.1) is 0 Å². The van der Waals surface area contributed by atoms with Gasteiger partial charge in [-0.3, -0.25) is 0 Å². The Morgan fingerprint density at radius 2 is 1.62 bits per heavy atom.